The monoisotopic (exact) mass is 315 g/mol. The van der Waals surface area contributed by atoms with Crippen molar-refractivity contribution in [3.8, 4) is 0 Å². The third-order valence-corrected chi connectivity index (χ3v) is 3.89. The van der Waals surface area contributed by atoms with Crippen LogP contribution in [-0.2, 0) is 0 Å². The summed E-state index contributed by atoms with van der Waals surface area (Å²) in [5, 5.41) is 13.1. The molecular formula is C15H14FN5O2. The SMILES string of the molecule is O=C(Nc1n[nH]c(C2CCNC2)n1)c1cc2cccc(F)c2o1. The minimum absolute atomic E-state index is 0.0129. The summed E-state index contributed by atoms with van der Waals surface area (Å²) >= 11 is 0. The molecule has 0 spiro atoms. The van der Waals surface area contributed by atoms with Gasteiger partial charge < -0.3 is 9.73 Å². The number of aromatic amines is 1. The summed E-state index contributed by atoms with van der Waals surface area (Å²) in [7, 11) is 0. The first-order chi connectivity index (χ1) is 11.2. The first-order valence-corrected chi connectivity index (χ1v) is 7.33. The van der Waals surface area contributed by atoms with E-state index in [9.17, 15) is 9.18 Å². The van der Waals surface area contributed by atoms with E-state index in [1.165, 1.54) is 12.1 Å². The summed E-state index contributed by atoms with van der Waals surface area (Å²) < 4.78 is 18.9. The minimum atomic E-state index is -0.518. The Labute approximate surface area is 130 Å². The van der Waals surface area contributed by atoms with Crippen LogP contribution in [0, 0.1) is 5.82 Å². The van der Waals surface area contributed by atoms with Crippen molar-refractivity contribution < 1.29 is 13.6 Å². The molecule has 1 aliphatic heterocycles. The Bertz CT molecular complexity index is 866. The quantitative estimate of drug-likeness (QED) is 0.687. The number of hydrogen-bond acceptors (Lipinski definition) is 5. The van der Waals surface area contributed by atoms with Gasteiger partial charge in [-0.25, -0.2) is 4.39 Å². The van der Waals surface area contributed by atoms with Crippen LogP contribution in [0.4, 0.5) is 10.3 Å². The second kappa shape index (κ2) is 5.47. The maximum atomic E-state index is 13.6. The number of nitrogens with one attached hydrogen (secondary N) is 3. The first-order valence-electron chi connectivity index (χ1n) is 7.33. The van der Waals surface area contributed by atoms with Crippen molar-refractivity contribution in [1.82, 2.24) is 20.5 Å². The third kappa shape index (κ3) is 2.57. The van der Waals surface area contributed by atoms with Gasteiger partial charge >= 0.3 is 0 Å². The zero-order chi connectivity index (χ0) is 15.8. The topological polar surface area (TPSA) is 95.8 Å². The van der Waals surface area contributed by atoms with Crippen molar-refractivity contribution in [2.24, 2.45) is 0 Å². The normalized spacial score (nSPS) is 17.7. The van der Waals surface area contributed by atoms with E-state index in [4.69, 9.17) is 4.42 Å². The van der Waals surface area contributed by atoms with Crippen molar-refractivity contribution >= 4 is 22.8 Å². The number of halogens is 1. The number of nitrogens with zero attached hydrogens (tertiary/aromatic N) is 2. The number of carbonyl (C=O) groups is 1. The van der Waals surface area contributed by atoms with Crippen LogP contribution in [0.25, 0.3) is 11.0 Å². The fourth-order valence-corrected chi connectivity index (χ4v) is 2.70. The van der Waals surface area contributed by atoms with Gasteiger partial charge in [-0.05, 0) is 25.1 Å². The molecule has 2 aromatic heterocycles. The standard InChI is InChI=1S/C15H14FN5O2/c16-10-3-1-2-8-6-11(23-12(8)10)14(22)19-15-18-13(20-21-15)9-4-5-17-7-9/h1-3,6,9,17H,4-5,7H2,(H2,18,19,20,21,22). The zero-order valence-corrected chi connectivity index (χ0v) is 12.1. The van der Waals surface area contributed by atoms with Crippen LogP contribution >= 0.6 is 0 Å². The number of amides is 1. The van der Waals surface area contributed by atoms with Gasteiger partial charge in [0.2, 0.25) is 5.95 Å². The van der Waals surface area contributed by atoms with E-state index >= 15 is 0 Å². The Hall–Kier alpha value is -2.74. The molecule has 3 N–H and O–H groups in total. The molecule has 0 radical (unpaired) electrons. The van der Waals surface area contributed by atoms with Gasteiger partial charge in [0.1, 0.15) is 5.82 Å². The molecule has 0 saturated carbocycles. The lowest BCUT2D eigenvalue weighted by atomic mass is 10.1. The van der Waals surface area contributed by atoms with Crippen LogP contribution in [-0.4, -0.2) is 34.2 Å². The number of aromatic nitrogens is 3. The highest BCUT2D eigenvalue weighted by molar-refractivity contribution is 6.03. The smallest absolute Gasteiger partial charge is 0.293 e. The number of H-pyrrole nitrogens is 1. The van der Waals surface area contributed by atoms with E-state index in [1.54, 1.807) is 12.1 Å². The van der Waals surface area contributed by atoms with Gasteiger partial charge in [0, 0.05) is 17.8 Å². The largest absolute Gasteiger partial charge is 0.448 e. The van der Waals surface area contributed by atoms with E-state index in [2.05, 4.69) is 25.8 Å². The van der Waals surface area contributed by atoms with E-state index in [-0.39, 0.29) is 23.2 Å². The average Bonchev–Trinajstić information content (AvgIpc) is 3.27. The van der Waals surface area contributed by atoms with Gasteiger partial charge in [0.25, 0.3) is 5.91 Å². The van der Waals surface area contributed by atoms with Crippen molar-refractivity contribution in [1.29, 1.82) is 0 Å². The number of carbonyl (C=O) groups excluding carboxylic acids is 1. The molecule has 118 valence electrons. The van der Waals surface area contributed by atoms with Crippen molar-refractivity contribution in [2.75, 3.05) is 18.4 Å². The number of para-hydroxylation sites is 1. The summed E-state index contributed by atoms with van der Waals surface area (Å²) in [5.74, 6) is 0.178. The molecule has 1 saturated heterocycles. The van der Waals surface area contributed by atoms with Gasteiger partial charge in [0.05, 0.1) is 0 Å². The lowest BCUT2D eigenvalue weighted by Crippen LogP contribution is -2.12. The molecule has 0 bridgehead atoms. The predicted octanol–water partition coefficient (Wildman–Crippen LogP) is 2.02. The van der Waals surface area contributed by atoms with Crippen LogP contribution in [0.1, 0.15) is 28.7 Å². The molecule has 1 atom stereocenters. The van der Waals surface area contributed by atoms with Gasteiger partial charge in [-0.3, -0.25) is 15.2 Å². The Morgan fingerprint density at radius 3 is 3.13 bits per heavy atom. The van der Waals surface area contributed by atoms with Crippen LogP contribution in [0.2, 0.25) is 0 Å². The molecule has 8 heteroatoms. The molecule has 0 aliphatic carbocycles. The number of benzene rings is 1. The number of anilines is 1. The summed E-state index contributed by atoms with van der Waals surface area (Å²) in [4.78, 5) is 16.5. The molecule has 1 unspecified atom stereocenters. The van der Waals surface area contributed by atoms with E-state index in [0.717, 1.165) is 25.3 Å². The molecule has 3 heterocycles. The van der Waals surface area contributed by atoms with Gasteiger partial charge in [-0.1, -0.05) is 12.1 Å². The molecule has 1 amide bonds. The number of furan rings is 1. The molecule has 23 heavy (non-hydrogen) atoms. The highest BCUT2D eigenvalue weighted by Gasteiger charge is 2.21. The molecular weight excluding hydrogens is 301 g/mol. The molecule has 7 nitrogen and oxygen atoms in total. The van der Waals surface area contributed by atoms with Gasteiger partial charge in [-0.15, -0.1) is 5.10 Å². The average molecular weight is 315 g/mol. The number of fused-ring (bicyclic) bond motifs is 1. The molecule has 4 rings (SSSR count). The second-order valence-electron chi connectivity index (χ2n) is 5.46. The Morgan fingerprint density at radius 2 is 2.35 bits per heavy atom. The lowest BCUT2D eigenvalue weighted by molar-refractivity contribution is 0.0997. The Kier molecular flexibility index (Phi) is 3.30. The number of rotatable bonds is 3. The summed E-state index contributed by atoms with van der Waals surface area (Å²) in [6, 6.07) is 6.01. The predicted molar refractivity (Wildman–Crippen MR) is 80.7 cm³/mol. The van der Waals surface area contributed by atoms with Gasteiger partial charge in [-0.2, -0.15) is 4.98 Å². The maximum absolute atomic E-state index is 13.6. The highest BCUT2D eigenvalue weighted by Crippen LogP contribution is 2.23. The van der Waals surface area contributed by atoms with Crippen LogP contribution in [0.3, 0.4) is 0 Å². The fourth-order valence-electron chi connectivity index (χ4n) is 2.70. The zero-order valence-electron chi connectivity index (χ0n) is 12.1. The molecule has 3 aromatic rings. The molecule has 1 aromatic carbocycles. The van der Waals surface area contributed by atoms with Crippen LogP contribution < -0.4 is 10.6 Å². The van der Waals surface area contributed by atoms with E-state index in [1.807, 2.05) is 0 Å². The van der Waals surface area contributed by atoms with Crippen LogP contribution in [0.5, 0.6) is 0 Å². The minimum Gasteiger partial charge on any atom is -0.448 e. The Balaban J connectivity index is 1.53. The second-order valence-corrected chi connectivity index (χ2v) is 5.46. The van der Waals surface area contributed by atoms with Crippen LogP contribution in [0.15, 0.2) is 28.7 Å². The lowest BCUT2D eigenvalue weighted by Gasteiger charge is -2.01. The third-order valence-electron chi connectivity index (χ3n) is 3.89. The number of hydrogen-bond donors (Lipinski definition) is 3. The van der Waals surface area contributed by atoms with E-state index < -0.39 is 11.7 Å². The highest BCUT2D eigenvalue weighted by atomic mass is 19.1. The summed E-state index contributed by atoms with van der Waals surface area (Å²) in [5.41, 5.74) is 0.0605. The van der Waals surface area contributed by atoms with Crippen molar-refractivity contribution in [2.45, 2.75) is 12.3 Å². The molecule has 1 aliphatic rings. The maximum Gasteiger partial charge on any atom is 0.293 e. The fraction of sp³-hybridized carbons (Fsp3) is 0.267. The van der Waals surface area contributed by atoms with Gasteiger partial charge in [0.15, 0.2) is 17.2 Å². The van der Waals surface area contributed by atoms with Crippen molar-refractivity contribution in [3.63, 3.8) is 0 Å². The molecule has 1 fully saturated rings. The summed E-state index contributed by atoms with van der Waals surface area (Å²) in [6.45, 7) is 1.78. The summed E-state index contributed by atoms with van der Waals surface area (Å²) in [6.07, 6.45) is 0.978. The van der Waals surface area contributed by atoms with E-state index in [0.29, 0.717) is 5.39 Å². The Morgan fingerprint density at radius 1 is 1.43 bits per heavy atom. The first kappa shape index (κ1) is 13.9. The van der Waals surface area contributed by atoms with Crippen molar-refractivity contribution in [3.05, 3.63) is 41.7 Å².